The topological polar surface area (TPSA) is 137 Å². The van der Waals surface area contributed by atoms with Gasteiger partial charge in [0.2, 0.25) is 11.8 Å². The first-order valence-corrected chi connectivity index (χ1v) is 7.93. The summed E-state index contributed by atoms with van der Waals surface area (Å²) in [6.07, 6.45) is 0.863. The van der Waals surface area contributed by atoms with E-state index in [9.17, 15) is 29.0 Å². The zero-order chi connectivity index (χ0) is 21.0. The third-order valence-corrected chi connectivity index (χ3v) is 3.72. The van der Waals surface area contributed by atoms with E-state index in [1.165, 1.54) is 0 Å². The molecule has 0 aliphatic rings. The van der Waals surface area contributed by atoms with Crippen LogP contribution in [0.3, 0.4) is 0 Å². The first kappa shape index (κ1) is 19.3. The van der Waals surface area contributed by atoms with E-state index in [0.717, 1.165) is 6.21 Å². The maximum atomic E-state index is 13.8. The van der Waals surface area contributed by atoms with Gasteiger partial charge in [-0.2, -0.15) is 14.8 Å². The van der Waals surface area contributed by atoms with Gasteiger partial charge in [-0.15, -0.1) is 0 Å². The fourth-order valence-corrected chi connectivity index (χ4v) is 2.39. The summed E-state index contributed by atoms with van der Waals surface area (Å²) in [5.41, 5.74) is 0.783. The van der Waals surface area contributed by atoms with Crippen LogP contribution in [0, 0.1) is 33.1 Å². The molecule has 0 unspecified atom stereocenters. The average molecular weight is 396 g/mol. The number of aromatic nitrogens is 2. The van der Waals surface area contributed by atoms with Crippen LogP contribution in [0.2, 0.25) is 0 Å². The van der Waals surface area contributed by atoms with Crippen molar-refractivity contribution in [2.24, 2.45) is 5.10 Å². The Morgan fingerprint density at radius 2 is 1.97 bits per heavy atom. The van der Waals surface area contributed by atoms with E-state index < -0.39 is 27.8 Å². The Morgan fingerprint density at radius 1 is 1.24 bits per heavy atom. The van der Waals surface area contributed by atoms with E-state index in [0.29, 0.717) is 17.7 Å². The van der Waals surface area contributed by atoms with Crippen LogP contribution >= 0.6 is 0 Å². The molecule has 0 bridgehead atoms. The van der Waals surface area contributed by atoms with Crippen LogP contribution in [0.15, 0.2) is 52.4 Å². The van der Waals surface area contributed by atoms with Crippen LogP contribution in [0.1, 0.15) is 11.1 Å². The highest BCUT2D eigenvalue weighted by Gasteiger charge is 2.18. The Morgan fingerprint density at radius 3 is 2.62 bits per heavy atom. The normalized spacial score (nSPS) is 10.7. The lowest BCUT2D eigenvalue weighted by Gasteiger charge is -2.06. The Balaban J connectivity index is 1.93. The first-order valence-electron chi connectivity index (χ1n) is 7.93. The molecule has 0 aliphatic heterocycles. The van der Waals surface area contributed by atoms with Crippen molar-refractivity contribution in [1.82, 2.24) is 9.97 Å². The lowest BCUT2D eigenvalue weighted by Crippen LogP contribution is -2.16. The minimum absolute atomic E-state index is 0.109. The average Bonchev–Trinajstić information content (AvgIpc) is 2.69. The Kier molecular flexibility index (Phi) is 5.36. The van der Waals surface area contributed by atoms with E-state index in [4.69, 9.17) is 0 Å². The van der Waals surface area contributed by atoms with E-state index in [-0.39, 0.29) is 22.8 Å². The molecule has 0 spiro atoms. The number of H-pyrrole nitrogens is 1. The van der Waals surface area contributed by atoms with Gasteiger partial charge in [-0.05, 0) is 0 Å². The largest absolute Gasteiger partial charge is 0.305 e. The Hall–Kier alpha value is -4.46. The SMILES string of the molecule is N#Cc1c(-c2ccccc2)nc(NN=Cc2cc([N+](=O)[O-])c(F)cc2F)[nH]c1=O. The minimum Gasteiger partial charge on any atom is -0.290 e. The molecule has 0 amide bonds. The van der Waals surface area contributed by atoms with Crippen LogP contribution in [-0.2, 0) is 0 Å². The number of hydrogen-bond acceptors (Lipinski definition) is 7. The molecule has 0 saturated carbocycles. The molecule has 0 fully saturated rings. The van der Waals surface area contributed by atoms with Gasteiger partial charge in [0.05, 0.1) is 16.8 Å². The molecule has 9 nitrogen and oxygen atoms in total. The predicted octanol–water partition coefficient (Wildman–Crippen LogP) is 2.94. The summed E-state index contributed by atoms with van der Waals surface area (Å²) in [5, 5.41) is 23.6. The minimum atomic E-state index is -1.32. The molecule has 0 aliphatic carbocycles. The van der Waals surface area contributed by atoms with Crippen molar-refractivity contribution in [3.8, 4) is 17.3 Å². The Bertz CT molecular complexity index is 1220. The molecular formula is C18H10F2N6O3. The number of nitro benzene ring substituents is 1. The van der Waals surface area contributed by atoms with Gasteiger partial charge < -0.3 is 0 Å². The molecule has 3 aromatic rings. The molecule has 2 aromatic carbocycles. The van der Waals surface area contributed by atoms with Gasteiger partial charge in [-0.3, -0.25) is 19.9 Å². The number of benzene rings is 2. The first-order chi connectivity index (χ1) is 13.9. The number of nitrogens with zero attached hydrogens (tertiary/aromatic N) is 4. The van der Waals surface area contributed by atoms with Crippen LogP contribution in [0.4, 0.5) is 20.4 Å². The van der Waals surface area contributed by atoms with Gasteiger partial charge in [-0.25, -0.2) is 14.8 Å². The van der Waals surface area contributed by atoms with Crippen LogP contribution in [-0.4, -0.2) is 21.1 Å². The van der Waals surface area contributed by atoms with Gasteiger partial charge in [0.15, 0.2) is 0 Å². The number of nitriles is 1. The van der Waals surface area contributed by atoms with E-state index in [1.807, 2.05) is 0 Å². The molecule has 11 heteroatoms. The number of hydrazone groups is 1. The van der Waals surface area contributed by atoms with Gasteiger partial charge in [0, 0.05) is 23.3 Å². The fraction of sp³-hybridized carbons (Fsp3) is 0. The quantitative estimate of drug-likeness (QED) is 0.386. The number of nitro groups is 1. The Labute approximate surface area is 161 Å². The molecule has 0 radical (unpaired) electrons. The van der Waals surface area contributed by atoms with Crippen molar-refractivity contribution in [3.05, 3.63) is 85.7 Å². The molecule has 29 heavy (non-hydrogen) atoms. The van der Waals surface area contributed by atoms with Gasteiger partial charge in [-0.1, -0.05) is 30.3 Å². The van der Waals surface area contributed by atoms with Gasteiger partial charge in [0.1, 0.15) is 17.4 Å². The fourth-order valence-electron chi connectivity index (χ4n) is 2.39. The number of hydrogen-bond donors (Lipinski definition) is 2. The van der Waals surface area contributed by atoms with Crippen molar-refractivity contribution in [3.63, 3.8) is 0 Å². The van der Waals surface area contributed by atoms with Gasteiger partial charge >= 0.3 is 5.69 Å². The lowest BCUT2D eigenvalue weighted by molar-refractivity contribution is -0.387. The van der Waals surface area contributed by atoms with Crippen LogP contribution in [0.25, 0.3) is 11.3 Å². The second-order valence-electron chi connectivity index (χ2n) is 5.57. The number of aromatic amines is 1. The molecular weight excluding hydrogens is 386 g/mol. The lowest BCUT2D eigenvalue weighted by atomic mass is 10.1. The molecule has 1 aromatic heterocycles. The number of nitrogens with one attached hydrogen (secondary N) is 2. The predicted molar refractivity (Wildman–Crippen MR) is 99.2 cm³/mol. The monoisotopic (exact) mass is 396 g/mol. The van der Waals surface area contributed by atoms with Crippen molar-refractivity contribution in [1.29, 1.82) is 5.26 Å². The van der Waals surface area contributed by atoms with E-state index in [1.54, 1.807) is 36.4 Å². The summed E-state index contributed by atoms with van der Waals surface area (Å²) in [5.74, 6) is -2.53. The molecule has 1 heterocycles. The maximum Gasteiger partial charge on any atom is 0.305 e. The molecule has 0 atom stereocenters. The molecule has 2 N–H and O–H groups in total. The number of anilines is 1. The van der Waals surface area contributed by atoms with Crippen molar-refractivity contribution < 1.29 is 13.7 Å². The summed E-state index contributed by atoms with van der Waals surface area (Å²) in [4.78, 5) is 28.3. The van der Waals surface area contributed by atoms with Crippen LogP contribution in [0.5, 0.6) is 0 Å². The number of halogens is 2. The van der Waals surface area contributed by atoms with Crippen LogP contribution < -0.4 is 11.0 Å². The summed E-state index contributed by atoms with van der Waals surface area (Å²) >= 11 is 0. The second kappa shape index (κ2) is 8.05. The third kappa shape index (κ3) is 4.11. The standard InChI is InChI=1S/C18H10F2N6O3/c19-13-7-14(20)15(26(28)29)6-11(13)9-22-25-18-23-16(10-4-2-1-3-5-10)12(8-21)17(27)24-18/h1-7,9H,(H2,23,24,25,27). The van der Waals surface area contributed by atoms with Crippen molar-refractivity contribution >= 4 is 17.9 Å². The van der Waals surface area contributed by atoms with E-state index >= 15 is 0 Å². The highest BCUT2D eigenvalue weighted by molar-refractivity contribution is 5.81. The summed E-state index contributed by atoms with van der Waals surface area (Å²) in [7, 11) is 0. The molecule has 3 rings (SSSR count). The molecule has 0 saturated heterocycles. The zero-order valence-electron chi connectivity index (χ0n) is 14.4. The third-order valence-electron chi connectivity index (χ3n) is 3.72. The summed E-state index contributed by atoms with van der Waals surface area (Å²) < 4.78 is 27.1. The van der Waals surface area contributed by atoms with Crippen molar-refractivity contribution in [2.45, 2.75) is 0 Å². The maximum absolute atomic E-state index is 13.8. The summed E-state index contributed by atoms with van der Waals surface area (Å²) in [6, 6.07) is 11.3. The van der Waals surface area contributed by atoms with E-state index in [2.05, 4.69) is 20.5 Å². The smallest absolute Gasteiger partial charge is 0.290 e. The number of rotatable bonds is 5. The zero-order valence-corrected chi connectivity index (χ0v) is 14.4. The van der Waals surface area contributed by atoms with Gasteiger partial charge in [0.25, 0.3) is 5.56 Å². The van der Waals surface area contributed by atoms with Crippen molar-refractivity contribution in [2.75, 3.05) is 5.43 Å². The summed E-state index contributed by atoms with van der Waals surface area (Å²) in [6.45, 7) is 0. The second-order valence-corrected chi connectivity index (χ2v) is 5.57. The highest BCUT2D eigenvalue weighted by Crippen LogP contribution is 2.21. The highest BCUT2D eigenvalue weighted by atomic mass is 19.1. The molecule has 144 valence electrons.